The topological polar surface area (TPSA) is 371 Å². The molecular formula is C41H64N12O11S2. The Hall–Kier alpha value is -5.92. The number of phenols is 1. The van der Waals surface area contributed by atoms with Crippen LogP contribution in [0, 0.1) is 5.92 Å². The van der Waals surface area contributed by atoms with Crippen molar-refractivity contribution >= 4 is 78.4 Å². The first-order valence-corrected chi connectivity index (χ1v) is 22.5. The molecule has 0 unspecified atom stereocenters. The number of amides is 9. The van der Waals surface area contributed by atoms with Gasteiger partial charge in [-0.2, -0.15) is 25.3 Å². The fraction of sp³-hybridized carbons (Fsp3) is 0.561. The molecule has 0 aliphatic heterocycles. The van der Waals surface area contributed by atoms with E-state index in [1.54, 1.807) is 13.8 Å². The Labute approximate surface area is 393 Å². The van der Waals surface area contributed by atoms with Crippen LogP contribution in [0.25, 0.3) is 0 Å². The molecule has 9 amide bonds. The number of aliphatic hydroxyl groups excluding tert-OH is 1. The molecule has 1 heterocycles. The van der Waals surface area contributed by atoms with Crippen LogP contribution in [-0.2, 0) is 56.0 Å². The number of aromatic hydroxyl groups is 1. The molecule has 9 atom stereocenters. The summed E-state index contributed by atoms with van der Waals surface area (Å²) in [6.45, 7) is 5.64. The average Bonchev–Trinajstić information content (AvgIpc) is 3.79. The lowest BCUT2D eigenvalue weighted by Gasteiger charge is -2.28. The average molecular weight is 965 g/mol. The van der Waals surface area contributed by atoms with E-state index in [-0.39, 0.29) is 42.4 Å². The van der Waals surface area contributed by atoms with Crippen LogP contribution in [0.2, 0.25) is 0 Å². The molecule has 0 saturated carbocycles. The molecule has 15 N–H and O–H groups in total. The van der Waals surface area contributed by atoms with Gasteiger partial charge in [0.2, 0.25) is 53.2 Å². The minimum Gasteiger partial charge on any atom is -0.508 e. The third kappa shape index (κ3) is 19.3. The van der Waals surface area contributed by atoms with Crippen molar-refractivity contribution in [2.75, 3.05) is 24.6 Å². The zero-order valence-corrected chi connectivity index (χ0v) is 39.1. The number of thiol groups is 2. The van der Waals surface area contributed by atoms with Crippen LogP contribution in [0.5, 0.6) is 5.75 Å². The van der Waals surface area contributed by atoms with E-state index in [0.29, 0.717) is 37.1 Å². The SMILES string of the molecule is CC[C@H](C)[C@H](NC(C)=O)C(=O)N[C@H](C(=O)N[C@@H](CS)C(=O)NCC(=O)N[C@@H](Cc1ccc(O)cc1)C(=O)N[C@@H](CS)C(=O)N[C@@H](Cc1cnc[nH]1)C(=O)N[C@@H](CCCCN)C(N)=O)[C@@H](C)O. The first-order valence-electron chi connectivity index (χ1n) is 21.2. The number of benzene rings is 1. The van der Waals surface area contributed by atoms with Crippen LogP contribution in [0.15, 0.2) is 36.8 Å². The van der Waals surface area contributed by atoms with Gasteiger partial charge in [-0.15, -0.1) is 0 Å². The van der Waals surface area contributed by atoms with Crippen molar-refractivity contribution in [3.8, 4) is 5.75 Å². The van der Waals surface area contributed by atoms with E-state index in [4.69, 9.17) is 11.5 Å². The molecular weight excluding hydrogens is 901 g/mol. The summed E-state index contributed by atoms with van der Waals surface area (Å²) in [6, 6.07) is -3.37. The number of hydrogen-bond donors (Lipinski definition) is 15. The van der Waals surface area contributed by atoms with Gasteiger partial charge in [-0.05, 0) is 56.3 Å². The molecule has 2 rings (SSSR count). The van der Waals surface area contributed by atoms with Gasteiger partial charge in [-0.1, -0.05) is 32.4 Å². The standard InChI is InChI=1S/C41H64N12O11S2/c1-5-21(2)33(47-23(4)55)40(63)53-34(22(3)54)41(64)52-30(18-65)36(59)45-17-32(57)48-28(14-24-9-11-26(56)12-10-24)37(60)51-31(19-66)39(62)50-29(15-25-16-44-20-46-25)38(61)49-27(35(43)58)8-6-7-13-42/h9-12,16,20-22,27-31,33-34,54,56,65-66H,5-8,13-15,17-19,42H2,1-4H3,(H2,43,58)(H,44,46)(H,45,59)(H,47,55)(H,48,57)(H,49,61)(H,50,62)(H,51,60)(H,52,64)(H,53,63)/t21-,22+,27-,28-,29-,30-,31-,33-,34-/m0/s1. The summed E-state index contributed by atoms with van der Waals surface area (Å²) in [5.74, 6) is -8.18. The normalized spacial score (nSPS) is 15.1. The lowest BCUT2D eigenvalue weighted by atomic mass is 9.97. The van der Waals surface area contributed by atoms with E-state index in [9.17, 15) is 53.4 Å². The quantitative estimate of drug-likeness (QED) is 0.0277. The predicted octanol–water partition coefficient (Wildman–Crippen LogP) is -3.67. The van der Waals surface area contributed by atoms with Gasteiger partial charge in [0.15, 0.2) is 0 Å². The highest BCUT2D eigenvalue weighted by atomic mass is 32.1. The van der Waals surface area contributed by atoms with Gasteiger partial charge < -0.3 is 69.2 Å². The summed E-state index contributed by atoms with van der Waals surface area (Å²) in [7, 11) is 0. The molecule has 23 nitrogen and oxygen atoms in total. The first-order chi connectivity index (χ1) is 31.2. The van der Waals surface area contributed by atoms with Crippen LogP contribution < -0.4 is 54.0 Å². The largest absolute Gasteiger partial charge is 0.508 e. The molecule has 366 valence electrons. The zero-order chi connectivity index (χ0) is 49.5. The second-order valence-corrected chi connectivity index (χ2v) is 16.3. The smallest absolute Gasteiger partial charge is 0.245 e. The fourth-order valence-electron chi connectivity index (χ4n) is 6.25. The molecule has 1 aromatic carbocycles. The maximum atomic E-state index is 13.8. The number of phenolic OH excluding ortho intramolecular Hbond substituents is 1. The lowest BCUT2D eigenvalue weighted by Crippen LogP contribution is -2.61. The number of aromatic amines is 1. The van der Waals surface area contributed by atoms with Crippen molar-refractivity contribution in [1.82, 2.24) is 52.5 Å². The van der Waals surface area contributed by atoms with Gasteiger partial charge in [-0.3, -0.25) is 43.2 Å². The molecule has 1 aromatic heterocycles. The highest BCUT2D eigenvalue weighted by Gasteiger charge is 2.34. The molecule has 0 radical (unpaired) electrons. The molecule has 0 aliphatic carbocycles. The Kier molecular flexibility index (Phi) is 24.6. The third-order valence-electron chi connectivity index (χ3n) is 10.2. The Balaban J connectivity index is 2.21. The van der Waals surface area contributed by atoms with E-state index in [2.05, 4.69) is 77.8 Å². The molecule has 0 saturated heterocycles. The number of unbranched alkanes of at least 4 members (excludes halogenated alkanes) is 1. The Morgan fingerprint density at radius 1 is 0.712 bits per heavy atom. The summed E-state index contributed by atoms with van der Waals surface area (Å²) in [5.41, 5.74) is 12.0. The number of carbonyl (C=O) groups excluding carboxylic acids is 9. The molecule has 0 spiro atoms. The second kappa shape index (κ2) is 28.9. The number of aliphatic hydroxyl groups is 1. The van der Waals surface area contributed by atoms with Crippen molar-refractivity contribution in [2.24, 2.45) is 17.4 Å². The van der Waals surface area contributed by atoms with E-state index in [0.717, 1.165) is 0 Å². The predicted molar refractivity (Wildman–Crippen MR) is 247 cm³/mol. The Morgan fingerprint density at radius 2 is 1.26 bits per heavy atom. The zero-order valence-electron chi connectivity index (χ0n) is 37.3. The minimum atomic E-state index is -1.55. The van der Waals surface area contributed by atoms with Crippen LogP contribution in [0.3, 0.4) is 0 Å². The third-order valence-corrected chi connectivity index (χ3v) is 10.9. The Morgan fingerprint density at radius 3 is 1.79 bits per heavy atom. The van der Waals surface area contributed by atoms with Crippen molar-refractivity contribution in [3.05, 3.63) is 48.0 Å². The van der Waals surface area contributed by atoms with Crippen LogP contribution >= 0.6 is 25.3 Å². The van der Waals surface area contributed by atoms with Crippen molar-refractivity contribution < 1.29 is 53.4 Å². The molecule has 0 aliphatic rings. The van der Waals surface area contributed by atoms with Crippen LogP contribution in [0.1, 0.15) is 64.6 Å². The summed E-state index contributed by atoms with van der Waals surface area (Å²) in [5, 5.41) is 40.0. The van der Waals surface area contributed by atoms with Gasteiger partial charge in [0.05, 0.1) is 19.0 Å². The van der Waals surface area contributed by atoms with E-state index < -0.39 is 108 Å². The number of nitrogens with one attached hydrogen (secondary N) is 9. The van der Waals surface area contributed by atoms with E-state index >= 15 is 0 Å². The van der Waals surface area contributed by atoms with Gasteiger partial charge in [-0.25, -0.2) is 4.98 Å². The number of imidazole rings is 1. The fourth-order valence-corrected chi connectivity index (χ4v) is 6.77. The van der Waals surface area contributed by atoms with Crippen molar-refractivity contribution in [3.63, 3.8) is 0 Å². The lowest BCUT2D eigenvalue weighted by molar-refractivity contribution is -0.136. The number of rotatable bonds is 29. The highest BCUT2D eigenvalue weighted by Crippen LogP contribution is 2.13. The number of carbonyl (C=O) groups is 9. The highest BCUT2D eigenvalue weighted by molar-refractivity contribution is 7.80. The number of H-pyrrole nitrogens is 1. The van der Waals surface area contributed by atoms with Gasteiger partial charge in [0, 0.05) is 43.2 Å². The summed E-state index contributed by atoms with van der Waals surface area (Å²) in [4.78, 5) is 125. The monoisotopic (exact) mass is 964 g/mol. The molecule has 66 heavy (non-hydrogen) atoms. The number of primary amides is 1. The van der Waals surface area contributed by atoms with E-state index in [1.807, 2.05) is 0 Å². The summed E-state index contributed by atoms with van der Waals surface area (Å²) in [6.07, 6.45) is 2.87. The molecule has 0 bridgehead atoms. The number of nitrogens with zero attached hydrogens (tertiary/aromatic N) is 1. The molecule has 2 aromatic rings. The maximum absolute atomic E-state index is 13.8. The number of hydrogen-bond acceptors (Lipinski definition) is 15. The van der Waals surface area contributed by atoms with E-state index in [1.165, 1.54) is 50.6 Å². The van der Waals surface area contributed by atoms with Crippen LogP contribution in [-0.4, -0.2) is 146 Å². The molecule has 25 heteroatoms. The van der Waals surface area contributed by atoms with Gasteiger partial charge >= 0.3 is 0 Å². The van der Waals surface area contributed by atoms with Crippen molar-refractivity contribution in [1.29, 1.82) is 0 Å². The first kappa shape index (κ1) is 56.2. The molecule has 0 fully saturated rings. The van der Waals surface area contributed by atoms with Crippen LogP contribution in [0.4, 0.5) is 0 Å². The van der Waals surface area contributed by atoms with Crippen molar-refractivity contribution in [2.45, 2.75) is 115 Å². The Bertz CT molecular complexity index is 1940. The van der Waals surface area contributed by atoms with Gasteiger partial charge in [0.25, 0.3) is 0 Å². The minimum absolute atomic E-state index is 0.0713. The summed E-state index contributed by atoms with van der Waals surface area (Å²) < 4.78 is 0. The maximum Gasteiger partial charge on any atom is 0.245 e. The van der Waals surface area contributed by atoms with Gasteiger partial charge in [0.1, 0.15) is 48.0 Å². The second-order valence-electron chi connectivity index (χ2n) is 15.6. The number of nitrogens with two attached hydrogens (primary N) is 2. The number of aromatic nitrogens is 2. The summed E-state index contributed by atoms with van der Waals surface area (Å²) >= 11 is 8.38.